The van der Waals surface area contributed by atoms with Gasteiger partial charge in [0.15, 0.2) is 0 Å². The summed E-state index contributed by atoms with van der Waals surface area (Å²) in [6.07, 6.45) is 7.84. The third-order valence-electron chi connectivity index (χ3n) is 6.21. The molecule has 4 rings (SSSR count). The summed E-state index contributed by atoms with van der Waals surface area (Å²) < 4.78 is 2.43. The predicted octanol–water partition coefficient (Wildman–Crippen LogP) is 5.03. The highest BCUT2D eigenvalue weighted by Gasteiger charge is 2.24. The predicted molar refractivity (Wildman–Crippen MR) is 118 cm³/mol. The first-order valence-electron chi connectivity index (χ1n) is 10.1. The summed E-state index contributed by atoms with van der Waals surface area (Å²) in [6, 6.07) is 11.1. The summed E-state index contributed by atoms with van der Waals surface area (Å²) in [5.41, 5.74) is 14.2. The van der Waals surface area contributed by atoms with Crippen LogP contribution in [0.2, 0.25) is 0 Å². The summed E-state index contributed by atoms with van der Waals surface area (Å²) in [6.45, 7) is 4.23. The third kappa shape index (κ3) is 3.22. The van der Waals surface area contributed by atoms with Crippen LogP contribution in [-0.4, -0.2) is 29.0 Å². The number of aliphatic hydroxyl groups is 1. The molecule has 28 heavy (non-hydrogen) atoms. The highest BCUT2D eigenvalue weighted by molar-refractivity contribution is 6.01. The SMILES string of the molecule is C/N=C/c1cc2c(-c3cccc(N)c3C)cn([C@H]3CC[C@H](O)CC3)c2cc1C. The van der Waals surface area contributed by atoms with Gasteiger partial charge in [0.2, 0.25) is 0 Å². The molecular formula is C24H29N3O. The summed E-state index contributed by atoms with van der Waals surface area (Å²) >= 11 is 0. The second-order valence-corrected chi connectivity index (χ2v) is 8.05. The van der Waals surface area contributed by atoms with Crippen molar-refractivity contribution in [3.63, 3.8) is 0 Å². The average Bonchev–Trinajstić information content (AvgIpc) is 3.03. The molecule has 0 spiro atoms. The van der Waals surface area contributed by atoms with Crippen LogP contribution >= 0.6 is 0 Å². The molecule has 0 aliphatic heterocycles. The molecule has 1 heterocycles. The Balaban J connectivity index is 1.95. The van der Waals surface area contributed by atoms with Crippen molar-refractivity contribution in [2.75, 3.05) is 12.8 Å². The van der Waals surface area contributed by atoms with Gasteiger partial charge >= 0.3 is 0 Å². The van der Waals surface area contributed by atoms with Crippen molar-refractivity contribution in [1.82, 2.24) is 4.57 Å². The minimum Gasteiger partial charge on any atom is -0.398 e. The van der Waals surface area contributed by atoms with Crippen molar-refractivity contribution < 1.29 is 5.11 Å². The molecule has 0 saturated heterocycles. The van der Waals surface area contributed by atoms with Gasteiger partial charge in [-0.1, -0.05) is 12.1 Å². The molecule has 4 nitrogen and oxygen atoms in total. The first kappa shape index (κ1) is 18.8. The van der Waals surface area contributed by atoms with Crippen LogP contribution in [0, 0.1) is 13.8 Å². The minimum atomic E-state index is -0.150. The molecule has 3 aromatic rings. The number of aromatic nitrogens is 1. The van der Waals surface area contributed by atoms with E-state index < -0.39 is 0 Å². The van der Waals surface area contributed by atoms with Crippen LogP contribution < -0.4 is 5.73 Å². The molecular weight excluding hydrogens is 346 g/mol. The number of aryl methyl sites for hydroxylation is 1. The van der Waals surface area contributed by atoms with Gasteiger partial charge in [-0.25, -0.2) is 0 Å². The van der Waals surface area contributed by atoms with Gasteiger partial charge in [0.05, 0.1) is 6.10 Å². The molecule has 2 aromatic carbocycles. The summed E-state index contributed by atoms with van der Waals surface area (Å²) in [4.78, 5) is 4.23. The first-order chi connectivity index (χ1) is 13.5. The lowest BCUT2D eigenvalue weighted by Crippen LogP contribution is -2.20. The molecule has 0 unspecified atom stereocenters. The smallest absolute Gasteiger partial charge is 0.0541 e. The number of nitrogen functional groups attached to an aromatic ring is 1. The van der Waals surface area contributed by atoms with Crippen LogP contribution in [0.3, 0.4) is 0 Å². The highest BCUT2D eigenvalue weighted by atomic mass is 16.3. The van der Waals surface area contributed by atoms with E-state index in [1.165, 1.54) is 27.6 Å². The molecule has 1 fully saturated rings. The number of aliphatic hydroxyl groups excluding tert-OH is 1. The fourth-order valence-electron chi connectivity index (χ4n) is 4.49. The number of nitrogens with two attached hydrogens (primary N) is 1. The Kier molecular flexibility index (Phi) is 4.98. The Bertz CT molecular complexity index is 1040. The van der Waals surface area contributed by atoms with Crippen LogP contribution in [0.15, 0.2) is 41.5 Å². The number of fused-ring (bicyclic) bond motifs is 1. The van der Waals surface area contributed by atoms with Crippen molar-refractivity contribution in [3.05, 3.63) is 53.2 Å². The van der Waals surface area contributed by atoms with Crippen LogP contribution in [-0.2, 0) is 0 Å². The molecule has 1 saturated carbocycles. The number of hydrogen-bond donors (Lipinski definition) is 2. The number of hydrogen-bond acceptors (Lipinski definition) is 3. The maximum Gasteiger partial charge on any atom is 0.0541 e. The number of nitrogens with zero attached hydrogens (tertiary/aromatic N) is 2. The molecule has 1 aliphatic carbocycles. The Labute approximate surface area is 166 Å². The average molecular weight is 376 g/mol. The quantitative estimate of drug-likeness (QED) is 0.498. The topological polar surface area (TPSA) is 63.5 Å². The van der Waals surface area contributed by atoms with E-state index in [4.69, 9.17) is 5.73 Å². The molecule has 3 N–H and O–H groups in total. The van der Waals surface area contributed by atoms with Crippen molar-refractivity contribution in [2.45, 2.75) is 51.7 Å². The van der Waals surface area contributed by atoms with Gasteiger partial charge in [-0.05, 0) is 80.0 Å². The van der Waals surface area contributed by atoms with Crippen molar-refractivity contribution in [3.8, 4) is 11.1 Å². The lowest BCUT2D eigenvalue weighted by Gasteiger charge is -2.27. The van der Waals surface area contributed by atoms with Gasteiger partial charge in [-0.2, -0.15) is 0 Å². The second-order valence-electron chi connectivity index (χ2n) is 8.05. The second kappa shape index (κ2) is 7.44. The Hall–Kier alpha value is -2.59. The molecule has 1 aromatic heterocycles. The summed E-state index contributed by atoms with van der Waals surface area (Å²) in [7, 11) is 1.81. The van der Waals surface area contributed by atoms with Gasteiger partial charge in [0.25, 0.3) is 0 Å². The Morgan fingerprint density at radius 2 is 1.86 bits per heavy atom. The number of rotatable bonds is 3. The van der Waals surface area contributed by atoms with Crippen LogP contribution in [0.5, 0.6) is 0 Å². The third-order valence-corrected chi connectivity index (χ3v) is 6.21. The van der Waals surface area contributed by atoms with Gasteiger partial charge in [0.1, 0.15) is 0 Å². The maximum absolute atomic E-state index is 9.94. The maximum atomic E-state index is 9.94. The fourth-order valence-corrected chi connectivity index (χ4v) is 4.49. The molecule has 0 bridgehead atoms. The lowest BCUT2D eigenvalue weighted by atomic mass is 9.93. The van der Waals surface area contributed by atoms with E-state index in [-0.39, 0.29) is 6.10 Å². The van der Waals surface area contributed by atoms with E-state index in [1.54, 1.807) is 0 Å². The van der Waals surface area contributed by atoms with Gasteiger partial charge in [-0.15, -0.1) is 0 Å². The summed E-state index contributed by atoms with van der Waals surface area (Å²) in [5, 5.41) is 11.2. The zero-order valence-corrected chi connectivity index (χ0v) is 16.9. The molecule has 146 valence electrons. The van der Waals surface area contributed by atoms with Gasteiger partial charge in [0, 0.05) is 47.7 Å². The number of aliphatic imine (C=N–C) groups is 1. The molecule has 0 radical (unpaired) electrons. The largest absolute Gasteiger partial charge is 0.398 e. The van der Waals surface area contributed by atoms with Crippen LogP contribution in [0.4, 0.5) is 5.69 Å². The van der Waals surface area contributed by atoms with E-state index in [1.807, 2.05) is 25.4 Å². The minimum absolute atomic E-state index is 0.150. The zero-order valence-electron chi connectivity index (χ0n) is 16.9. The molecule has 1 aliphatic rings. The van der Waals surface area contributed by atoms with Crippen molar-refractivity contribution in [2.24, 2.45) is 4.99 Å². The zero-order chi connectivity index (χ0) is 19.8. The van der Waals surface area contributed by atoms with E-state index >= 15 is 0 Å². The monoisotopic (exact) mass is 375 g/mol. The number of benzene rings is 2. The normalized spacial score (nSPS) is 20.3. The first-order valence-corrected chi connectivity index (χ1v) is 10.1. The lowest BCUT2D eigenvalue weighted by molar-refractivity contribution is 0.111. The van der Waals surface area contributed by atoms with Gasteiger partial charge in [-0.3, -0.25) is 4.99 Å². The molecule has 0 atom stereocenters. The fraction of sp³-hybridized carbons (Fsp3) is 0.375. The van der Waals surface area contributed by atoms with Crippen molar-refractivity contribution >= 4 is 22.8 Å². The van der Waals surface area contributed by atoms with E-state index in [2.05, 4.69) is 47.8 Å². The van der Waals surface area contributed by atoms with E-state index in [0.717, 1.165) is 42.5 Å². The molecule has 4 heteroatoms. The van der Waals surface area contributed by atoms with E-state index in [0.29, 0.717) is 6.04 Å². The van der Waals surface area contributed by atoms with Crippen molar-refractivity contribution in [1.29, 1.82) is 0 Å². The number of anilines is 1. The molecule has 0 amide bonds. The van der Waals surface area contributed by atoms with E-state index in [9.17, 15) is 5.11 Å². The van der Waals surface area contributed by atoms with Gasteiger partial charge < -0.3 is 15.4 Å². The summed E-state index contributed by atoms with van der Waals surface area (Å²) in [5.74, 6) is 0. The van der Waals surface area contributed by atoms with Crippen LogP contribution in [0.25, 0.3) is 22.0 Å². The standard InChI is InChI=1S/C24H29N3O/c1-15-11-24-21(12-17(15)13-26-3)22(20-5-4-6-23(25)16(20)2)14-27(24)18-7-9-19(28)10-8-18/h4-6,11-14,18-19,28H,7-10,25H2,1-3H3/b26-13+/t18-,19-. The highest BCUT2D eigenvalue weighted by Crippen LogP contribution is 2.39. The van der Waals surface area contributed by atoms with Crippen LogP contribution in [0.1, 0.15) is 48.4 Å². The Morgan fingerprint density at radius 3 is 2.57 bits per heavy atom. The Morgan fingerprint density at radius 1 is 1.11 bits per heavy atom.